The Labute approximate surface area is 216 Å². The molecule has 1 aliphatic rings. The molecule has 12 heteroatoms. The molecule has 0 amide bonds. The molecule has 9 nitrogen and oxygen atoms in total. The third-order valence-electron chi connectivity index (χ3n) is 6.96. The monoisotopic (exact) mass is 524 g/mol. The van der Waals surface area contributed by atoms with E-state index in [0.717, 1.165) is 34.6 Å². The van der Waals surface area contributed by atoms with Crippen LogP contribution in [0.25, 0.3) is 17.2 Å². The van der Waals surface area contributed by atoms with Crippen LogP contribution in [0.2, 0.25) is 0 Å². The number of hydrogen-bond donors (Lipinski definition) is 1. The molecule has 1 atom stereocenters. The van der Waals surface area contributed by atoms with Gasteiger partial charge in [0.2, 0.25) is 0 Å². The van der Waals surface area contributed by atoms with E-state index >= 15 is 0 Å². The zero-order valence-corrected chi connectivity index (χ0v) is 21.0. The summed E-state index contributed by atoms with van der Waals surface area (Å²) in [6.45, 7) is 2.26. The molecule has 0 radical (unpaired) electrons. The molecule has 38 heavy (non-hydrogen) atoms. The maximum Gasteiger partial charge on any atom is 0.419 e. The Morgan fingerprint density at radius 2 is 2.05 bits per heavy atom. The average molecular weight is 525 g/mol. The van der Waals surface area contributed by atoms with E-state index in [-0.39, 0.29) is 12.4 Å². The normalized spacial score (nSPS) is 17.4. The van der Waals surface area contributed by atoms with Crippen LogP contribution in [-0.4, -0.2) is 40.5 Å². The molecule has 4 aromatic rings. The number of hydrogen-bond acceptors (Lipinski definition) is 5. The number of H-pyrrole nitrogens is 1. The van der Waals surface area contributed by atoms with Gasteiger partial charge in [-0.15, -0.1) is 5.10 Å². The van der Waals surface area contributed by atoms with E-state index < -0.39 is 22.8 Å². The molecule has 1 aromatic carbocycles. The van der Waals surface area contributed by atoms with E-state index in [1.54, 1.807) is 23.2 Å². The molecule has 0 aliphatic carbocycles. The van der Waals surface area contributed by atoms with E-state index in [4.69, 9.17) is 0 Å². The van der Waals surface area contributed by atoms with Gasteiger partial charge in [-0.1, -0.05) is 37.6 Å². The molecule has 198 valence electrons. The third-order valence-corrected chi connectivity index (χ3v) is 6.96. The minimum Gasteiger partial charge on any atom is -0.337 e. The second-order valence-corrected chi connectivity index (χ2v) is 9.46. The van der Waals surface area contributed by atoms with Crippen molar-refractivity contribution >= 4 is 6.21 Å². The average Bonchev–Trinajstić information content (AvgIpc) is 3.64. The Morgan fingerprint density at radius 1 is 1.21 bits per heavy atom. The van der Waals surface area contributed by atoms with Gasteiger partial charge in [-0.25, -0.2) is 9.89 Å². The van der Waals surface area contributed by atoms with Crippen LogP contribution in [0.3, 0.4) is 0 Å². The predicted octanol–water partition coefficient (Wildman–Crippen LogP) is 4.45. The van der Waals surface area contributed by atoms with Crippen molar-refractivity contribution in [1.82, 2.24) is 34.3 Å². The quantitative estimate of drug-likeness (QED) is 0.368. The van der Waals surface area contributed by atoms with E-state index in [2.05, 4.69) is 25.6 Å². The summed E-state index contributed by atoms with van der Waals surface area (Å²) in [4.78, 5) is 18.1. The number of nitrogens with one attached hydrogen (secondary N) is 1. The van der Waals surface area contributed by atoms with Gasteiger partial charge in [-0.2, -0.15) is 13.2 Å². The molecule has 1 unspecified atom stereocenters. The zero-order valence-electron chi connectivity index (χ0n) is 21.0. The van der Waals surface area contributed by atoms with Crippen molar-refractivity contribution in [3.8, 4) is 17.2 Å². The molecule has 0 saturated carbocycles. The van der Waals surface area contributed by atoms with E-state index in [0.29, 0.717) is 24.4 Å². The maximum atomic E-state index is 13.8. The first-order valence-corrected chi connectivity index (χ1v) is 12.3. The minimum absolute atomic E-state index is 0.200. The van der Waals surface area contributed by atoms with Gasteiger partial charge in [0.15, 0.2) is 5.82 Å². The van der Waals surface area contributed by atoms with E-state index in [9.17, 15) is 18.0 Å². The van der Waals surface area contributed by atoms with Crippen LogP contribution < -0.4 is 5.69 Å². The molecule has 1 aliphatic heterocycles. The Hall–Kier alpha value is -4.22. The van der Waals surface area contributed by atoms with Gasteiger partial charge in [0.25, 0.3) is 0 Å². The van der Waals surface area contributed by atoms with Crippen LogP contribution >= 0.6 is 0 Å². The highest BCUT2D eigenvalue weighted by atomic mass is 19.4. The molecule has 0 saturated heterocycles. The van der Waals surface area contributed by atoms with Crippen molar-refractivity contribution in [2.75, 3.05) is 0 Å². The Balaban J connectivity index is 1.64. The number of aromatic amines is 1. The fourth-order valence-corrected chi connectivity index (χ4v) is 4.94. The van der Waals surface area contributed by atoms with Crippen LogP contribution in [0.4, 0.5) is 13.2 Å². The van der Waals surface area contributed by atoms with Crippen molar-refractivity contribution < 1.29 is 13.2 Å². The first-order chi connectivity index (χ1) is 18.2. The summed E-state index contributed by atoms with van der Waals surface area (Å²) < 4.78 is 45.5. The van der Waals surface area contributed by atoms with Crippen molar-refractivity contribution in [2.24, 2.45) is 12.0 Å². The first kappa shape index (κ1) is 25.4. The minimum atomic E-state index is -4.60. The number of benzene rings is 1. The molecule has 3 aromatic heterocycles. The number of rotatable bonds is 8. The van der Waals surface area contributed by atoms with Gasteiger partial charge < -0.3 is 4.57 Å². The Kier molecular flexibility index (Phi) is 6.64. The number of imidazole rings is 1. The molecule has 0 fully saturated rings. The standard InChI is InChI=1S/C26H27F3N8O/c1-3-4-8-20-16-36(23-21(26(27,28)29)9-14-35(23)2)24(38)37(20)17-25(10-12-30-13-11-25)19-7-5-6-18(15-19)22-31-33-34-32-22/h5-7,9-10,12-16H,3-4,8,11,17H2,1-2H3,(H,31,32,33,34). The fourth-order valence-electron chi connectivity index (χ4n) is 4.94. The molecule has 4 heterocycles. The summed E-state index contributed by atoms with van der Waals surface area (Å²) in [5.74, 6) is 0.305. The number of halogens is 3. The van der Waals surface area contributed by atoms with Crippen molar-refractivity contribution in [3.63, 3.8) is 0 Å². The third kappa shape index (κ3) is 4.61. The summed E-state index contributed by atoms with van der Waals surface area (Å²) >= 11 is 0. The lowest BCUT2D eigenvalue weighted by molar-refractivity contribution is -0.137. The molecule has 5 rings (SSSR count). The van der Waals surface area contributed by atoms with Crippen LogP contribution in [-0.2, 0) is 31.6 Å². The summed E-state index contributed by atoms with van der Waals surface area (Å²) in [5.41, 5.74) is 0.325. The van der Waals surface area contributed by atoms with Crippen LogP contribution in [0.5, 0.6) is 0 Å². The van der Waals surface area contributed by atoms with E-state index in [1.807, 2.05) is 37.3 Å². The number of aromatic nitrogens is 7. The lowest BCUT2D eigenvalue weighted by Gasteiger charge is -2.32. The topological polar surface area (TPSA) is 98.7 Å². The number of allylic oxidation sites excluding steroid dienone is 1. The van der Waals surface area contributed by atoms with Gasteiger partial charge in [0.05, 0.1) is 5.56 Å². The number of nitrogens with zero attached hydrogens (tertiary/aromatic N) is 7. The molecular formula is C26H27F3N8O. The highest BCUT2D eigenvalue weighted by Gasteiger charge is 2.37. The molecule has 0 bridgehead atoms. The lowest BCUT2D eigenvalue weighted by Crippen LogP contribution is -2.37. The largest absolute Gasteiger partial charge is 0.419 e. The Morgan fingerprint density at radius 3 is 2.74 bits per heavy atom. The SMILES string of the molecule is CCCCc1cn(-c2c(C(F)(F)F)ccn2C)c(=O)n1CC1(c2cccc(-c3nnn[nH]3)c2)C=CN=CC1. The molecular weight excluding hydrogens is 497 g/mol. The molecule has 0 spiro atoms. The van der Waals surface area contributed by atoms with Crippen LogP contribution in [0, 0.1) is 0 Å². The molecule has 1 N–H and O–H groups in total. The summed E-state index contributed by atoms with van der Waals surface area (Å²) in [5, 5.41) is 14.1. The van der Waals surface area contributed by atoms with E-state index in [1.165, 1.54) is 17.8 Å². The highest BCUT2D eigenvalue weighted by Crippen LogP contribution is 2.36. The number of tetrazole rings is 1. The number of aliphatic imine (C=N–C) groups is 1. The van der Waals surface area contributed by atoms with Crippen molar-refractivity contribution in [3.05, 3.63) is 82.3 Å². The number of unbranched alkanes of at least 4 members (excludes halogenated alkanes) is 1. The van der Waals surface area contributed by atoms with Crippen LogP contribution in [0.1, 0.15) is 43.0 Å². The summed E-state index contributed by atoms with van der Waals surface area (Å²) in [6.07, 6.45) is 6.43. The van der Waals surface area contributed by atoms with Gasteiger partial charge >= 0.3 is 11.9 Å². The second-order valence-electron chi connectivity index (χ2n) is 9.46. The fraction of sp³-hybridized carbons (Fsp3) is 0.346. The summed E-state index contributed by atoms with van der Waals surface area (Å²) in [7, 11) is 1.51. The smallest absolute Gasteiger partial charge is 0.337 e. The van der Waals surface area contributed by atoms with Gasteiger partial charge in [0.1, 0.15) is 5.82 Å². The van der Waals surface area contributed by atoms with Crippen LogP contribution in [0.15, 0.2) is 64.8 Å². The van der Waals surface area contributed by atoms with Gasteiger partial charge in [0, 0.05) is 55.1 Å². The second kappa shape index (κ2) is 9.92. The van der Waals surface area contributed by atoms with Crippen molar-refractivity contribution in [2.45, 2.75) is 50.7 Å². The predicted molar refractivity (Wildman–Crippen MR) is 136 cm³/mol. The van der Waals surface area contributed by atoms with Gasteiger partial charge in [-0.3, -0.25) is 14.1 Å². The summed E-state index contributed by atoms with van der Waals surface area (Å²) in [6, 6.07) is 8.68. The lowest BCUT2D eigenvalue weighted by atomic mass is 9.76. The number of alkyl halides is 3. The zero-order chi connectivity index (χ0) is 26.9. The maximum absolute atomic E-state index is 13.8. The Bertz CT molecular complexity index is 1540. The first-order valence-electron chi connectivity index (χ1n) is 12.3. The van der Waals surface area contributed by atoms with Gasteiger partial charge in [-0.05, 0) is 47.4 Å². The van der Waals surface area contributed by atoms with Crippen molar-refractivity contribution in [1.29, 1.82) is 0 Å². The number of aryl methyl sites for hydroxylation is 2. The highest BCUT2D eigenvalue weighted by molar-refractivity contribution is 5.65.